The summed E-state index contributed by atoms with van der Waals surface area (Å²) in [6, 6.07) is 11.4. The minimum absolute atomic E-state index is 0.00441. The van der Waals surface area contributed by atoms with Crippen molar-refractivity contribution >= 4 is 40.6 Å². The van der Waals surface area contributed by atoms with Gasteiger partial charge in [0.2, 0.25) is 5.91 Å². The predicted molar refractivity (Wildman–Crippen MR) is 138 cm³/mol. The number of phenolic OH excluding ortho intramolecular Hbond substituents is 1. The van der Waals surface area contributed by atoms with Gasteiger partial charge in [-0.25, -0.2) is 0 Å². The van der Waals surface area contributed by atoms with E-state index in [1.807, 2.05) is 0 Å². The Morgan fingerprint density at radius 2 is 1.97 bits per heavy atom. The second-order valence-electron chi connectivity index (χ2n) is 8.36. The molecule has 12 heteroatoms. The summed E-state index contributed by atoms with van der Waals surface area (Å²) in [6.45, 7) is 0.885. The number of nitrogens with one attached hydrogen (secondary N) is 1. The van der Waals surface area contributed by atoms with E-state index in [0.29, 0.717) is 29.5 Å². The second kappa shape index (κ2) is 11.3. The average Bonchev–Trinajstić information content (AvgIpc) is 3.56. The molecule has 6 N–H and O–H groups in total. The summed E-state index contributed by atoms with van der Waals surface area (Å²) in [5.41, 5.74) is 11.7. The maximum Gasteiger partial charge on any atom is 0.273 e. The second-order valence-corrected chi connectivity index (χ2v) is 9.13. The molecule has 0 saturated carbocycles. The van der Waals surface area contributed by atoms with Crippen molar-refractivity contribution < 1.29 is 29.0 Å². The van der Waals surface area contributed by atoms with Gasteiger partial charge in [-0.05, 0) is 54.2 Å². The molecule has 1 aliphatic heterocycles. The van der Waals surface area contributed by atoms with Crippen LogP contribution in [-0.2, 0) is 9.53 Å². The molecule has 37 heavy (non-hydrogen) atoms. The van der Waals surface area contributed by atoms with E-state index in [2.05, 4.69) is 9.69 Å². The number of anilines is 2. The van der Waals surface area contributed by atoms with Gasteiger partial charge in [-0.2, -0.15) is 4.37 Å². The van der Waals surface area contributed by atoms with E-state index in [1.165, 1.54) is 24.1 Å². The normalized spacial score (nSPS) is 15.6. The standard InChI is InChI=1S/C25H27N5O6S/c1-35-18-7-3-2-6-17(18)30(25(34)22-19(26)20(23(27)32)29-37-22)21(14-8-10-15(31)11-9-14)24(33)28-13-16-5-4-12-36-16/h2-3,6-11,16,21,31H,4-5,12-13,26H2,1H3,(H2,27,32)(H,28,33)/t16-,21-/m1/s1. The number of para-hydroxylation sites is 2. The molecule has 4 rings (SSSR count). The molecule has 0 radical (unpaired) electrons. The van der Waals surface area contributed by atoms with E-state index in [0.717, 1.165) is 12.8 Å². The zero-order valence-corrected chi connectivity index (χ0v) is 20.9. The monoisotopic (exact) mass is 525 g/mol. The fourth-order valence-corrected chi connectivity index (χ4v) is 4.87. The molecule has 1 aromatic heterocycles. The molecule has 1 aliphatic rings. The third-order valence-electron chi connectivity index (χ3n) is 5.96. The number of primary amides is 1. The largest absolute Gasteiger partial charge is 0.508 e. The van der Waals surface area contributed by atoms with Crippen molar-refractivity contribution in [2.75, 3.05) is 30.9 Å². The Morgan fingerprint density at radius 3 is 2.59 bits per heavy atom. The first-order chi connectivity index (χ1) is 17.8. The average molecular weight is 526 g/mol. The SMILES string of the molecule is COc1ccccc1N(C(=O)c1snc(C(N)=O)c1N)[C@@H](C(=O)NC[C@H]1CCCO1)c1ccc(O)cc1. The van der Waals surface area contributed by atoms with Gasteiger partial charge in [-0.3, -0.25) is 19.3 Å². The summed E-state index contributed by atoms with van der Waals surface area (Å²) in [7, 11) is 1.45. The lowest BCUT2D eigenvalue weighted by atomic mass is 10.0. The first-order valence-corrected chi connectivity index (χ1v) is 12.3. The van der Waals surface area contributed by atoms with Gasteiger partial charge in [-0.1, -0.05) is 24.3 Å². The van der Waals surface area contributed by atoms with Crippen LogP contribution in [0.4, 0.5) is 11.4 Å². The lowest BCUT2D eigenvalue weighted by Crippen LogP contribution is -2.45. The highest BCUT2D eigenvalue weighted by Crippen LogP contribution is 2.38. The van der Waals surface area contributed by atoms with Crippen LogP contribution in [0.15, 0.2) is 48.5 Å². The van der Waals surface area contributed by atoms with Gasteiger partial charge in [-0.15, -0.1) is 0 Å². The van der Waals surface area contributed by atoms with Crippen LogP contribution in [0.5, 0.6) is 11.5 Å². The Balaban J connectivity index is 1.84. The third-order valence-corrected chi connectivity index (χ3v) is 6.81. The number of benzene rings is 2. The van der Waals surface area contributed by atoms with Crippen molar-refractivity contribution in [2.45, 2.75) is 25.0 Å². The van der Waals surface area contributed by atoms with Crippen LogP contribution in [-0.4, -0.2) is 53.6 Å². The number of hydrogen-bond acceptors (Lipinski definition) is 9. The quantitative estimate of drug-likeness (QED) is 0.329. The Morgan fingerprint density at radius 1 is 1.24 bits per heavy atom. The van der Waals surface area contributed by atoms with Crippen LogP contribution < -0.4 is 26.4 Å². The number of nitrogens with two attached hydrogens (primary N) is 2. The molecular formula is C25H27N5O6S. The molecule has 11 nitrogen and oxygen atoms in total. The smallest absolute Gasteiger partial charge is 0.273 e. The van der Waals surface area contributed by atoms with Crippen LogP contribution in [0.2, 0.25) is 0 Å². The minimum Gasteiger partial charge on any atom is -0.508 e. The minimum atomic E-state index is -1.20. The Hall–Kier alpha value is -4.16. The van der Waals surface area contributed by atoms with Crippen molar-refractivity contribution in [1.82, 2.24) is 9.69 Å². The molecule has 0 unspecified atom stereocenters. The van der Waals surface area contributed by atoms with Crippen LogP contribution in [0, 0.1) is 0 Å². The third kappa shape index (κ3) is 5.49. The van der Waals surface area contributed by atoms with Gasteiger partial charge in [0.15, 0.2) is 5.69 Å². The fourth-order valence-electron chi connectivity index (χ4n) is 4.12. The molecule has 0 spiro atoms. The molecule has 0 aliphatic carbocycles. The number of ether oxygens (including phenoxy) is 2. The maximum atomic E-state index is 14.1. The molecular weight excluding hydrogens is 498 g/mol. The number of phenols is 1. The van der Waals surface area contributed by atoms with Gasteiger partial charge in [0.05, 0.1) is 24.6 Å². The zero-order chi connectivity index (χ0) is 26.5. The van der Waals surface area contributed by atoms with Gasteiger partial charge in [0.25, 0.3) is 11.8 Å². The van der Waals surface area contributed by atoms with E-state index in [-0.39, 0.29) is 40.3 Å². The molecule has 3 amide bonds. The fraction of sp³-hybridized carbons (Fsp3) is 0.280. The number of carbonyl (C=O) groups is 3. The maximum absolute atomic E-state index is 14.1. The van der Waals surface area contributed by atoms with Crippen LogP contribution in [0.1, 0.15) is 44.6 Å². The summed E-state index contributed by atoms with van der Waals surface area (Å²) in [6.07, 6.45) is 1.59. The summed E-state index contributed by atoms with van der Waals surface area (Å²) >= 11 is 0.710. The highest BCUT2D eigenvalue weighted by atomic mass is 32.1. The number of aromatic nitrogens is 1. The van der Waals surface area contributed by atoms with Gasteiger partial charge in [0, 0.05) is 13.2 Å². The van der Waals surface area contributed by atoms with E-state index < -0.39 is 23.8 Å². The first kappa shape index (κ1) is 25.9. The molecule has 194 valence electrons. The van der Waals surface area contributed by atoms with Crippen LogP contribution in [0.3, 0.4) is 0 Å². The predicted octanol–water partition coefficient (Wildman–Crippen LogP) is 2.22. The van der Waals surface area contributed by atoms with Crippen molar-refractivity contribution in [1.29, 1.82) is 0 Å². The number of nitrogens with zero attached hydrogens (tertiary/aromatic N) is 2. The lowest BCUT2D eigenvalue weighted by Gasteiger charge is -2.32. The van der Waals surface area contributed by atoms with Crippen molar-refractivity contribution in [3.63, 3.8) is 0 Å². The summed E-state index contributed by atoms with van der Waals surface area (Å²) < 4.78 is 15.1. The lowest BCUT2D eigenvalue weighted by molar-refractivity contribution is -0.123. The molecule has 2 aromatic carbocycles. The molecule has 1 fully saturated rings. The highest BCUT2D eigenvalue weighted by Gasteiger charge is 2.37. The van der Waals surface area contributed by atoms with E-state index in [4.69, 9.17) is 20.9 Å². The Labute approximate surface area is 217 Å². The molecule has 2 heterocycles. The number of methoxy groups -OCH3 is 1. The number of amides is 3. The van der Waals surface area contributed by atoms with Gasteiger partial charge < -0.3 is 31.4 Å². The van der Waals surface area contributed by atoms with Gasteiger partial charge >= 0.3 is 0 Å². The summed E-state index contributed by atoms with van der Waals surface area (Å²) in [5.74, 6) is -1.72. The summed E-state index contributed by atoms with van der Waals surface area (Å²) in [5, 5.41) is 12.7. The van der Waals surface area contributed by atoms with E-state index in [9.17, 15) is 19.5 Å². The number of hydrogen-bond donors (Lipinski definition) is 4. The van der Waals surface area contributed by atoms with E-state index in [1.54, 1.807) is 36.4 Å². The number of aromatic hydroxyl groups is 1. The molecule has 2 atom stereocenters. The molecule has 1 saturated heterocycles. The Kier molecular flexibility index (Phi) is 7.89. The number of rotatable bonds is 9. The van der Waals surface area contributed by atoms with Crippen LogP contribution in [0.25, 0.3) is 0 Å². The Bertz CT molecular complexity index is 1290. The first-order valence-electron chi connectivity index (χ1n) is 11.5. The number of nitrogen functional groups attached to an aromatic ring is 1. The number of carbonyl (C=O) groups excluding carboxylic acids is 3. The van der Waals surface area contributed by atoms with Crippen molar-refractivity contribution in [3.05, 3.63) is 64.7 Å². The van der Waals surface area contributed by atoms with Crippen LogP contribution >= 0.6 is 11.5 Å². The van der Waals surface area contributed by atoms with Crippen molar-refractivity contribution in [3.8, 4) is 11.5 Å². The molecule has 3 aromatic rings. The zero-order valence-electron chi connectivity index (χ0n) is 20.0. The highest BCUT2D eigenvalue weighted by molar-refractivity contribution is 7.09. The molecule has 0 bridgehead atoms. The van der Waals surface area contributed by atoms with E-state index >= 15 is 0 Å². The van der Waals surface area contributed by atoms with Gasteiger partial charge in [0.1, 0.15) is 22.4 Å². The topological polar surface area (TPSA) is 170 Å². The van der Waals surface area contributed by atoms with Crippen molar-refractivity contribution in [2.24, 2.45) is 5.73 Å². The summed E-state index contributed by atoms with van der Waals surface area (Å²) in [4.78, 5) is 40.8.